The maximum absolute atomic E-state index is 14.5. The van der Waals surface area contributed by atoms with Gasteiger partial charge in [0.05, 0.1) is 12.5 Å². The number of nitrogens with one attached hydrogen (secondary N) is 3. The summed E-state index contributed by atoms with van der Waals surface area (Å²) in [6, 6.07) is 15.9. The second-order valence-corrected chi connectivity index (χ2v) is 11.6. The predicted molar refractivity (Wildman–Crippen MR) is 138 cm³/mol. The number of benzene rings is 1. The summed E-state index contributed by atoms with van der Waals surface area (Å²) in [7, 11) is 0. The number of aromatic amines is 1. The highest BCUT2D eigenvalue weighted by molar-refractivity contribution is 5.82. The molecule has 1 amide bonds. The zero-order valence-electron chi connectivity index (χ0n) is 21.2. The Labute approximate surface area is 210 Å². The molecular weight excluding hydrogens is 432 g/mol. The van der Waals surface area contributed by atoms with Crippen LogP contribution in [0.5, 0.6) is 0 Å². The van der Waals surface area contributed by atoms with Gasteiger partial charge in [-0.15, -0.1) is 0 Å². The number of aryl methyl sites for hydroxylation is 1. The third-order valence-corrected chi connectivity index (χ3v) is 9.60. The Morgan fingerprint density at radius 2 is 1.80 bits per heavy atom. The molecule has 35 heavy (non-hydrogen) atoms. The molecule has 4 atom stereocenters. The zero-order valence-corrected chi connectivity index (χ0v) is 21.2. The highest BCUT2D eigenvalue weighted by Gasteiger charge is 2.54. The van der Waals surface area contributed by atoms with Crippen LogP contribution in [0.15, 0.2) is 42.5 Å². The van der Waals surface area contributed by atoms with Crippen LogP contribution in [0.1, 0.15) is 73.4 Å². The standard InChI is InChI=1S/C30H40N4O/c1-21-12-13-25-27(33-21)18-32-20-30(25)19-31-17-26(30)29(35)34-15-14-24(22-8-4-2-5-9-22)16-28(34)23-10-6-3-7-11-23/h2,4-5,8-9,12-13,23-24,26,28,31-32H,3,6-7,10-11,14-20H2,1H3/p+1/t24-,26?,28+,30-/m1/s1. The number of hydrogen-bond donors (Lipinski definition) is 2. The van der Waals surface area contributed by atoms with Crippen LogP contribution in [-0.2, 0) is 16.8 Å². The van der Waals surface area contributed by atoms with Crippen LogP contribution in [0.2, 0.25) is 0 Å². The number of aromatic nitrogens is 1. The van der Waals surface area contributed by atoms with Crippen LogP contribution in [0.4, 0.5) is 0 Å². The van der Waals surface area contributed by atoms with Crippen LogP contribution in [-0.4, -0.2) is 43.0 Å². The number of carbonyl (C=O) groups excluding carboxylic acids is 1. The first-order chi connectivity index (χ1) is 17.2. The van der Waals surface area contributed by atoms with E-state index in [1.165, 1.54) is 54.6 Å². The molecule has 1 aliphatic carbocycles. The molecular formula is C30H41N4O+. The number of piperidine rings is 1. The fourth-order valence-electron chi connectivity index (χ4n) is 7.78. The van der Waals surface area contributed by atoms with Crippen molar-refractivity contribution in [2.75, 3.05) is 26.2 Å². The lowest BCUT2D eigenvalue weighted by Crippen LogP contribution is -2.58. The summed E-state index contributed by atoms with van der Waals surface area (Å²) < 4.78 is 0. The molecule has 5 heteroatoms. The topological polar surface area (TPSA) is 58.5 Å². The van der Waals surface area contributed by atoms with Crippen molar-refractivity contribution in [2.24, 2.45) is 11.8 Å². The molecule has 1 aromatic heterocycles. The van der Waals surface area contributed by atoms with Gasteiger partial charge in [-0.1, -0.05) is 49.6 Å². The van der Waals surface area contributed by atoms with E-state index < -0.39 is 0 Å². The number of nitrogens with zero attached hydrogens (tertiary/aromatic N) is 1. The van der Waals surface area contributed by atoms with Crippen LogP contribution < -0.4 is 15.6 Å². The number of pyridine rings is 1. The summed E-state index contributed by atoms with van der Waals surface area (Å²) in [5, 5.41) is 7.29. The molecule has 3 fully saturated rings. The van der Waals surface area contributed by atoms with Crippen molar-refractivity contribution in [3.05, 3.63) is 65.0 Å². The summed E-state index contributed by atoms with van der Waals surface area (Å²) in [6.07, 6.45) is 8.75. The van der Waals surface area contributed by atoms with Crippen molar-refractivity contribution >= 4 is 5.91 Å². The third kappa shape index (κ3) is 4.21. The lowest BCUT2D eigenvalue weighted by atomic mass is 9.68. The number of carbonyl (C=O) groups is 1. The molecule has 186 valence electrons. The molecule has 1 saturated carbocycles. The van der Waals surface area contributed by atoms with E-state index in [0.717, 1.165) is 45.6 Å². The Morgan fingerprint density at radius 3 is 2.63 bits per heavy atom. The Morgan fingerprint density at radius 1 is 1.00 bits per heavy atom. The minimum atomic E-state index is -0.164. The minimum Gasteiger partial charge on any atom is -0.339 e. The van der Waals surface area contributed by atoms with Crippen molar-refractivity contribution in [2.45, 2.75) is 75.8 Å². The lowest BCUT2D eigenvalue weighted by molar-refractivity contribution is -0.402. The van der Waals surface area contributed by atoms with E-state index in [1.807, 2.05) is 0 Å². The number of fused-ring (bicyclic) bond motifs is 2. The van der Waals surface area contributed by atoms with E-state index in [-0.39, 0.29) is 11.3 Å². The van der Waals surface area contributed by atoms with Gasteiger partial charge in [0.2, 0.25) is 5.91 Å². The lowest BCUT2D eigenvalue weighted by Gasteiger charge is -2.47. The molecule has 1 spiro atoms. The minimum absolute atomic E-state index is 0.00970. The van der Waals surface area contributed by atoms with Crippen molar-refractivity contribution in [1.82, 2.24) is 15.5 Å². The molecule has 3 aliphatic heterocycles. The van der Waals surface area contributed by atoms with Crippen molar-refractivity contribution < 1.29 is 9.78 Å². The molecule has 4 aliphatic rings. The fraction of sp³-hybridized carbons (Fsp3) is 0.600. The van der Waals surface area contributed by atoms with E-state index in [2.05, 4.69) is 69.9 Å². The maximum Gasteiger partial charge on any atom is 0.228 e. The summed E-state index contributed by atoms with van der Waals surface area (Å²) in [5.74, 6) is 1.60. The maximum atomic E-state index is 14.5. The predicted octanol–water partition coefficient (Wildman–Crippen LogP) is 3.72. The molecule has 3 N–H and O–H groups in total. The highest BCUT2D eigenvalue weighted by Crippen LogP contribution is 2.43. The third-order valence-electron chi connectivity index (χ3n) is 9.60. The Balaban J connectivity index is 1.30. The largest absolute Gasteiger partial charge is 0.339 e. The average Bonchev–Trinajstić information content (AvgIpc) is 3.32. The van der Waals surface area contributed by atoms with Crippen molar-refractivity contribution in [3.8, 4) is 0 Å². The second-order valence-electron chi connectivity index (χ2n) is 11.6. The van der Waals surface area contributed by atoms with E-state index in [9.17, 15) is 4.79 Å². The van der Waals surface area contributed by atoms with Gasteiger partial charge in [-0.2, -0.15) is 0 Å². The van der Waals surface area contributed by atoms with E-state index in [4.69, 9.17) is 0 Å². The van der Waals surface area contributed by atoms with Gasteiger partial charge < -0.3 is 15.5 Å². The molecule has 5 nitrogen and oxygen atoms in total. The summed E-state index contributed by atoms with van der Waals surface area (Å²) in [4.78, 5) is 20.4. The molecule has 4 heterocycles. The SMILES string of the molecule is Cc1ccc2c([nH+]1)CNC[C@]21CNCC1C(=O)N1CC[C@@H](c2ccccc2)C[C@H]1C1CCCCC1. The Kier molecular flexibility index (Phi) is 6.40. The van der Waals surface area contributed by atoms with Gasteiger partial charge >= 0.3 is 0 Å². The number of amides is 1. The number of rotatable bonds is 3. The molecule has 6 rings (SSSR count). The Bertz CT molecular complexity index is 1050. The van der Waals surface area contributed by atoms with Crippen LogP contribution in [0.25, 0.3) is 0 Å². The molecule has 2 saturated heterocycles. The van der Waals surface area contributed by atoms with Gasteiger partial charge in [-0.3, -0.25) is 4.79 Å². The smallest absolute Gasteiger partial charge is 0.228 e. The number of hydrogen-bond acceptors (Lipinski definition) is 3. The van der Waals surface area contributed by atoms with E-state index >= 15 is 0 Å². The molecule has 1 unspecified atom stereocenters. The van der Waals surface area contributed by atoms with Gasteiger partial charge in [0, 0.05) is 56.2 Å². The van der Waals surface area contributed by atoms with Crippen molar-refractivity contribution in [1.29, 1.82) is 0 Å². The average molecular weight is 474 g/mol. The summed E-state index contributed by atoms with van der Waals surface area (Å²) in [6.45, 7) is 6.38. The van der Waals surface area contributed by atoms with Gasteiger partial charge in [0.1, 0.15) is 0 Å². The molecule has 0 radical (unpaired) electrons. The number of H-pyrrole nitrogens is 1. The Hall–Kier alpha value is -2.24. The first-order valence-corrected chi connectivity index (χ1v) is 13.9. The van der Waals surface area contributed by atoms with Crippen molar-refractivity contribution in [3.63, 3.8) is 0 Å². The summed E-state index contributed by atoms with van der Waals surface area (Å²) >= 11 is 0. The van der Waals surface area contributed by atoms with Crippen LogP contribution in [0, 0.1) is 18.8 Å². The van der Waals surface area contributed by atoms with Gasteiger partial charge in [-0.25, -0.2) is 4.98 Å². The molecule has 0 bridgehead atoms. The van der Waals surface area contributed by atoms with Gasteiger partial charge in [0.15, 0.2) is 11.4 Å². The normalized spacial score (nSPS) is 31.5. The highest BCUT2D eigenvalue weighted by atomic mass is 16.2. The molecule has 1 aromatic carbocycles. The van der Waals surface area contributed by atoms with Gasteiger partial charge in [0.25, 0.3) is 0 Å². The summed E-state index contributed by atoms with van der Waals surface area (Å²) in [5.41, 5.74) is 5.07. The number of likely N-dealkylation sites (tertiary alicyclic amines) is 1. The molecule has 2 aromatic rings. The zero-order chi connectivity index (χ0) is 23.8. The quantitative estimate of drug-likeness (QED) is 0.714. The fourth-order valence-corrected chi connectivity index (χ4v) is 7.78. The van der Waals surface area contributed by atoms with Crippen LogP contribution >= 0.6 is 0 Å². The van der Waals surface area contributed by atoms with E-state index in [0.29, 0.717) is 23.8 Å². The first kappa shape index (κ1) is 23.2. The second kappa shape index (κ2) is 9.67. The van der Waals surface area contributed by atoms with Crippen LogP contribution in [0.3, 0.4) is 0 Å². The first-order valence-electron chi connectivity index (χ1n) is 13.9. The van der Waals surface area contributed by atoms with E-state index in [1.54, 1.807) is 0 Å². The van der Waals surface area contributed by atoms with Gasteiger partial charge in [-0.05, 0) is 49.1 Å². The monoisotopic (exact) mass is 473 g/mol.